The quantitative estimate of drug-likeness (QED) is 0.804. The molecule has 5 nitrogen and oxygen atoms in total. The molecule has 0 bridgehead atoms. The van der Waals surface area contributed by atoms with Crippen molar-refractivity contribution in [2.75, 3.05) is 19.7 Å². The van der Waals surface area contributed by atoms with Gasteiger partial charge in [0.2, 0.25) is 10.0 Å². The predicted octanol–water partition coefficient (Wildman–Crippen LogP) is 2.03. The van der Waals surface area contributed by atoms with Crippen molar-refractivity contribution >= 4 is 22.4 Å². The third-order valence-electron chi connectivity index (χ3n) is 3.60. The normalized spacial score (nSPS) is 21.7. The third kappa shape index (κ3) is 5.87. The summed E-state index contributed by atoms with van der Waals surface area (Å²) in [5.74, 6) is 0.423. The summed E-state index contributed by atoms with van der Waals surface area (Å²) in [5.41, 5.74) is 0. The second-order valence-electron chi connectivity index (χ2n) is 5.37. The monoisotopic (exact) mass is 370 g/mol. The fraction of sp³-hybridized carbons (Fsp3) is 0.571. The van der Waals surface area contributed by atoms with Gasteiger partial charge >= 0.3 is 0 Å². The standard InChI is InChI=1S/C14H20F2N2O3S.ClH/c1-10-8-17-7-6-13(10)18-22(19,20)12-4-2-11(3-5-12)21-9-14(15)16;/h2-5,10,13-14,17-18H,6-9H2,1H3;1H. The lowest BCUT2D eigenvalue weighted by Crippen LogP contribution is -2.48. The predicted molar refractivity (Wildman–Crippen MR) is 85.9 cm³/mol. The van der Waals surface area contributed by atoms with Crippen LogP contribution in [0.2, 0.25) is 0 Å². The molecule has 0 aromatic heterocycles. The molecule has 9 heteroatoms. The average Bonchev–Trinajstić information content (AvgIpc) is 2.48. The lowest BCUT2D eigenvalue weighted by atomic mass is 9.97. The van der Waals surface area contributed by atoms with Crippen molar-refractivity contribution in [2.45, 2.75) is 30.7 Å². The molecular formula is C14H21ClF2N2O3S. The molecule has 23 heavy (non-hydrogen) atoms. The van der Waals surface area contributed by atoms with Gasteiger partial charge in [-0.2, -0.15) is 0 Å². The Kier molecular flexibility index (Phi) is 7.66. The van der Waals surface area contributed by atoms with Crippen LogP contribution in [0.3, 0.4) is 0 Å². The van der Waals surface area contributed by atoms with E-state index in [-0.39, 0.29) is 35.0 Å². The maximum Gasteiger partial charge on any atom is 0.272 e. The van der Waals surface area contributed by atoms with Gasteiger partial charge in [0, 0.05) is 6.04 Å². The van der Waals surface area contributed by atoms with Crippen molar-refractivity contribution < 1.29 is 21.9 Å². The molecule has 1 saturated heterocycles. The molecule has 132 valence electrons. The Bertz CT molecular complexity index is 584. The van der Waals surface area contributed by atoms with Crippen molar-refractivity contribution in [3.63, 3.8) is 0 Å². The fourth-order valence-corrected chi connectivity index (χ4v) is 3.71. The highest BCUT2D eigenvalue weighted by Gasteiger charge is 2.26. The molecule has 2 unspecified atom stereocenters. The van der Waals surface area contributed by atoms with Crippen LogP contribution < -0.4 is 14.8 Å². The molecule has 0 saturated carbocycles. The second kappa shape index (κ2) is 8.77. The SMILES string of the molecule is CC1CNCCC1NS(=O)(=O)c1ccc(OCC(F)F)cc1.Cl. The molecule has 1 aliphatic rings. The Labute approximate surface area is 141 Å². The summed E-state index contributed by atoms with van der Waals surface area (Å²) in [7, 11) is -3.62. The van der Waals surface area contributed by atoms with E-state index in [2.05, 4.69) is 10.0 Å². The van der Waals surface area contributed by atoms with Crippen LogP contribution in [-0.4, -0.2) is 40.6 Å². The van der Waals surface area contributed by atoms with Crippen LogP contribution in [0.1, 0.15) is 13.3 Å². The van der Waals surface area contributed by atoms with Gasteiger partial charge in [-0.1, -0.05) is 6.92 Å². The van der Waals surface area contributed by atoms with E-state index in [4.69, 9.17) is 4.74 Å². The molecule has 1 aromatic carbocycles. The van der Waals surface area contributed by atoms with Crippen LogP contribution in [0.5, 0.6) is 5.75 Å². The number of hydrogen-bond donors (Lipinski definition) is 2. The molecule has 2 rings (SSSR count). The van der Waals surface area contributed by atoms with Crippen LogP contribution in [0.15, 0.2) is 29.2 Å². The summed E-state index contributed by atoms with van der Waals surface area (Å²) >= 11 is 0. The lowest BCUT2D eigenvalue weighted by molar-refractivity contribution is 0.0819. The molecule has 1 fully saturated rings. The number of rotatable bonds is 6. The highest BCUT2D eigenvalue weighted by atomic mass is 35.5. The highest BCUT2D eigenvalue weighted by molar-refractivity contribution is 7.89. The number of benzene rings is 1. The zero-order valence-corrected chi connectivity index (χ0v) is 14.3. The first kappa shape index (κ1) is 20.1. The zero-order chi connectivity index (χ0) is 16.2. The number of alkyl halides is 2. The fourth-order valence-electron chi connectivity index (χ4n) is 2.33. The maximum absolute atomic E-state index is 12.3. The van der Waals surface area contributed by atoms with Crippen LogP contribution >= 0.6 is 12.4 Å². The second-order valence-corrected chi connectivity index (χ2v) is 7.09. The molecule has 0 spiro atoms. The van der Waals surface area contributed by atoms with E-state index in [1.54, 1.807) is 0 Å². The average molecular weight is 371 g/mol. The van der Waals surface area contributed by atoms with E-state index in [1.165, 1.54) is 24.3 Å². The van der Waals surface area contributed by atoms with Gasteiger partial charge in [-0.15, -0.1) is 12.4 Å². The van der Waals surface area contributed by atoms with Gasteiger partial charge in [0.05, 0.1) is 4.90 Å². The number of piperidine rings is 1. The van der Waals surface area contributed by atoms with Crippen molar-refractivity contribution in [1.82, 2.24) is 10.0 Å². The summed E-state index contributed by atoms with van der Waals surface area (Å²) in [4.78, 5) is 0.0997. The van der Waals surface area contributed by atoms with Gasteiger partial charge in [-0.3, -0.25) is 0 Å². The van der Waals surface area contributed by atoms with E-state index < -0.39 is 23.1 Å². The van der Waals surface area contributed by atoms with E-state index in [0.717, 1.165) is 19.5 Å². The molecule has 1 aliphatic heterocycles. The van der Waals surface area contributed by atoms with Crippen molar-refractivity contribution in [2.24, 2.45) is 5.92 Å². The van der Waals surface area contributed by atoms with E-state index >= 15 is 0 Å². The molecule has 1 heterocycles. The number of halogens is 3. The van der Waals surface area contributed by atoms with Crippen LogP contribution in [0, 0.1) is 5.92 Å². The highest BCUT2D eigenvalue weighted by Crippen LogP contribution is 2.19. The summed E-state index contributed by atoms with van der Waals surface area (Å²) < 4.78 is 56.3. The molecule has 2 N–H and O–H groups in total. The Morgan fingerprint density at radius 3 is 2.57 bits per heavy atom. The topological polar surface area (TPSA) is 67.4 Å². The summed E-state index contributed by atoms with van der Waals surface area (Å²) in [6.07, 6.45) is -1.83. The largest absolute Gasteiger partial charge is 0.488 e. The molecule has 0 radical (unpaired) electrons. The molecule has 2 atom stereocenters. The Hall–Kier alpha value is -0.960. The van der Waals surface area contributed by atoms with E-state index in [9.17, 15) is 17.2 Å². The van der Waals surface area contributed by atoms with Gasteiger partial charge in [0.1, 0.15) is 12.4 Å². The van der Waals surface area contributed by atoms with Gasteiger partial charge in [-0.25, -0.2) is 21.9 Å². The Morgan fingerprint density at radius 1 is 1.35 bits per heavy atom. The molecule has 0 aliphatic carbocycles. The summed E-state index contributed by atoms with van der Waals surface area (Å²) in [5, 5.41) is 3.21. The van der Waals surface area contributed by atoms with Crippen molar-refractivity contribution in [1.29, 1.82) is 0 Å². The number of nitrogens with one attached hydrogen (secondary N) is 2. The summed E-state index contributed by atoms with van der Waals surface area (Å²) in [6.45, 7) is 2.82. The minimum absolute atomic E-state index is 0. The maximum atomic E-state index is 12.3. The minimum atomic E-state index is -3.62. The Balaban J connectivity index is 0.00000264. The molecule has 1 aromatic rings. The van der Waals surface area contributed by atoms with Crippen LogP contribution in [-0.2, 0) is 10.0 Å². The Morgan fingerprint density at radius 2 is 2.00 bits per heavy atom. The van der Waals surface area contributed by atoms with Gasteiger partial charge in [-0.05, 0) is 49.7 Å². The van der Waals surface area contributed by atoms with Crippen molar-refractivity contribution in [3.8, 4) is 5.75 Å². The number of sulfonamides is 1. The first-order chi connectivity index (χ1) is 10.4. The summed E-state index contributed by atoms with van der Waals surface area (Å²) in [6, 6.07) is 5.36. The first-order valence-electron chi connectivity index (χ1n) is 7.12. The first-order valence-corrected chi connectivity index (χ1v) is 8.61. The zero-order valence-electron chi connectivity index (χ0n) is 12.7. The van der Waals surface area contributed by atoms with Crippen LogP contribution in [0.4, 0.5) is 8.78 Å². The van der Waals surface area contributed by atoms with Crippen LogP contribution in [0.25, 0.3) is 0 Å². The van der Waals surface area contributed by atoms with Gasteiger partial charge < -0.3 is 10.1 Å². The van der Waals surface area contributed by atoms with Gasteiger partial charge in [0.25, 0.3) is 6.43 Å². The van der Waals surface area contributed by atoms with Crippen molar-refractivity contribution in [3.05, 3.63) is 24.3 Å². The number of hydrogen-bond acceptors (Lipinski definition) is 4. The smallest absolute Gasteiger partial charge is 0.272 e. The van der Waals surface area contributed by atoms with E-state index in [0.29, 0.717) is 0 Å². The third-order valence-corrected chi connectivity index (χ3v) is 5.11. The lowest BCUT2D eigenvalue weighted by Gasteiger charge is -2.29. The van der Waals surface area contributed by atoms with Gasteiger partial charge in [0.15, 0.2) is 0 Å². The minimum Gasteiger partial charge on any atom is -0.488 e. The number of ether oxygens (including phenoxy) is 1. The molecule has 0 amide bonds. The molecular weight excluding hydrogens is 350 g/mol. The van der Waals surface area contributed by atoms with E-state index in [1.807, 2.05) is 6.92 Å².